The maximum Gasteiger partial charge on any atom is 0.118 e. The van der Waals surface area contributed by atoms with Crippen LogP contribution in [-0.2, 0) is 0 Å². The second-order valence-electron chi connectivity index (χ2n) is 2.47. The van der Waals surface area contributed by atoms with E-state index in [9.17, 15) is 5.11 Å². The highest BCUT2D eigenvalue weighted by Crippen LogP contribution is 2.16. The van der Waals surface area contributed by atoms with Crippen molar-refractivity contribution in [3.63, 3.8) is 0 Å². The zero-order valence-corrected chi connectivity index (χ0v) is 6.90. The predicted octanol–water partition coefficient (Wildman–Crippen LogP) is 0.721. The molecule has 0 amide bonds. The van der Waals surface area contributed by atoms with E-state index >= 15 is 0 Å². The van der Waals surface area contributed by atoms with Crippen LogP contribution >= 0.6 is 0 Å². The van der Waals surface area contributed by atoms with Gasteiger partial charge in [0.05, 0.1) is 13.7 Å². The molecule has 1 rings (SSSR count). The standard InChI is InChI=1S/C9H12O3/c1-12-8-4-2-7(3-5-8)9(11)6-10/h2-5,9-11H,6H2,1H3/i1+1. The Labute approximate surface area is 71.2 Å². The lowest BCUT2D eigenvalue weighted by molar-refractivity contribution is 0.0956. The Kier molecular flexibility index (Phi) is 3.08. The van der Waals surface area contributed by atoms with Crippen LogP contribution in [0.5, 0.6) is 5.75 Å². The monoisotopic (exact) mass is 169 g/mol. The molecule has 0 saturated heterocycles. The molecule has 0 saturated carbocycles. The molecule has 0 aliphatic carbocycles. The molecule has 0 bridgehead atoms. The van der Waals surface area contributed by atoms with E-state index in [2.05, 4.69) is 0 Å². The molecule has 3 heteroatoms. The summed E-state index contributed by atoms with van der Waals surface area (Å²) in [5.41, 5.74) is 0.693. The summed E-state index contributed by atoms with van der Waals surface area (Å²) in [6.07, 6.45) is -0.795. The average molecular weight is 169 g/mol. The molecule has 0 aliphatic rings. The zero-order valence-electron chi connectivity index (χ0n) is 6.90. The Hall–Kier alpha value is -1.06. The summed E-state index contributed by atoms with van der Waals surface area (Å²) in [5, 5.41) is 17.8. The molecule has 12 heavy (non-hydrogen) atoms. The number of rotatable bonds is 3. The van der Waals surface area contributed by atoms with Crippen molar-refractivity contribution in [1.82, 2.24) is 0 Å². The molecular weight excluding hydrogens is 157 g/mol. The fourth-order valence-corrected chi connectivity index (χ4v) is 0.931. The molecule has 1 unspecified atom stereocenters. The fraction of sp³-hybridized carbons (Fsp3) is 0.333. The van der Waals surface area contributed by atoms with Crippen molar-refractivity contribution in [2.45, 2.75) is 6.10 Å². The lowest BCUT2D eigenvalue weighted by Crippen LogP contribution is -2.01. The zero-order chi connectivity index (χ0) is 8.97. The van der Waals surface area contributed by atoms with Gasteiger partial charge in [-0.1, -0.05) is 12.1 Å². The Morgan fingerprint density at radius 2 is 1.92 bits per heavy atom. The number of benzene rings is 1. The Balaban J connectivity index is 2.77. The van der Waals surface area contributed by atoms with Crippen LogP contribution in [0.4, 0.5) is 0 Å². The summed E-state index contributed by atoms with van der Waals surface area (Å²) in [4.78, 5) is 0. The fourth-order valence-electron chi connectivity index (χ4n) is 0.931. The first-order valence-electron chi connectivity index (χ1n) is 3.71. The number of hydrogen-bond donors (Lipinski definition) is 2. The van der Waals surface area contributed by atoms with Gasteiger partial charge in [-0.2, -0.15) is 0 Å². The topological polar surface area (TPSA) is 49.7 Å². The summed E-state index contributed by atoms with van der Waals surface area (Å²) >= 11 is 0. The second-order valence-corrected chi connectivity index (χ2v) is 2.47. The quantitative estimate of drug-likeness (QED) is 0.655. The van der Waals surface area contributed by atoms with Gasteiger partial charge in [-0.3, -0.25) is 0 Å². The predicted molar refractivity (Wildman–Crippen MR) is 45.0 cm³/mol. The highest BCUT2D eigenvalue weighted by Gasteiger charge is 2.04. The maximum atomic E-state index is 9.20. The molecule has 0 aliphatic heterocycles. The Morgan fingerprint density at radius 3 is 2.33 bits per heavy atom. The molecule has 0 aromatic heterocycles. The van der Waals surface area contributed by atoms with Gasteiger partial charge in [0, 0.05) is 0 Å². The van der Waals surface area contributed by atoms with Gasteiger partial charge in [0.2, 0.25) is 0 Å². The van der Waals surface area contributed by atoms with Crippen LogP contribution in [0.15, 0.2) is 24.3 Å². The van der Waals surface area contributed by atoms with Gasteiger partial charge in [-0.05, 0) is 17.7 Å². The molecule has 2 N–H and O–H groups in total. The van der Waals surface area contributed by atoms with E-state index in [4.69, 9.17) is 9.84 Å². The molecule has 0 radical (unpaired) electrons. The minimum Gasteiger partial charge on any atom is -0.497 e. The van der Waals surface area contributed by atoms with Crippen molar-refractivity contribution in [2.24, 2.45) is 0 Å². The summed E-state index contributed by atoms with van der Waals surface area (Å²) < 4.78 is 4.94. The number of aliphatic hydroxyl groups excluding tert-OH is 2. The first-order chi connectivity index (χ1) is 5.77. The van der Waals surface area contributed by atoms with E-state index in [0.717, 1.165) is 5.75 Å². The smallest absolute Gasteiger partial charge is 0.118 e. The normalized spacial score (nSPS) is 12.6. The van der Waals surface area contributed by atoms with Gasteiger partial charge in [0.1, 0.15) is 11.9 Å². The first-order valence-corrected chi connectivity index (χ1v) is 3.71. The van der Waals surface area contributed by atoms with Crippen LogP contribution in [0.1, 0.15) is 11.7 Å². The molecule has 1 atom stereocenters. The molecule has 0 spiro atoms. The highest BCUT2D eigenvalue weighted by molar-refractivity contribution is 5.28. The van der Waals surface area contributed by atoms with Crippen LogP contribution in [-0.4, -0.2) is 23.9 Å². The van der Waals surface area contributed by atoms with Crippen LogP contribution in [0.3, 0.4) is 0 Å². The number of methoxy groups -OCH3 is 1. The minimum absolute atomic E-state index is 0.258. The minimum atomic E-state index is -0.795. The molecule has 1 aromatic rings. The summed E-state index contributed by atoms with van der Waals surface area (Å²) in [6, 6.07) is 6.93. The lowest BCUT2D eigenvalue weighted by Gasteiger charge is -2.07. The third kappa shape index (κ3) is 1.96. The van der Waals surface area contributed by atoms with Gasteiger partial charge >= 0.3 is 0 Å². The Bertz CT molecular complexity index is 230. The molecule has 0 heterocycles. The SMILES string of the molecule is [13CH3]Oc1ccc(C(O)CO)cc1. The first kappa shape index (κ1) is 9.03. The second kappa shape index (κ2) is 4.09. The van der Waals surface area contributed by atoms with E-state index in [0.29, 0.717) is 5.56 Å². The molecule has 3 nitrogen and oxygen atoms in total. The number of aliphatic hydroxyl groups is 2. The third-order valence-corrected chi connectivity index (χ3v) is 1.67. The van der Waals surface area contributed by atoms with Crippen molar-refractivity contribution < 1.29 is 14.9 Å². The van der Waals surface area contributed by atoms with E-state index in [-0.39, 0.29) is 6.61 Å². The molecule has 0 fully saturated rings. The van der Waals surface area contributed by atoms with Crippen molar-refractivity contribution >= 4 is 0 Å². The van der Waals surface area contributed by atoms with Crippen molar-refractivity contribution in [2.75, 3.05) is 13.7 Å². The Morgan fingerprint density at radius 1 is 1.33 bits per heavy atom. The number of ether oxygens (including phenoxy) is 1. The van der Waals surface area contributed by atoms with E-state index < -0.39 is 6.10 Å². The van der Waals surface area contributed by atoms with Gasteiger partial charge in [0.15, 0.2) is 0 Å². The van der Waals surface area contributed by atoms with E-state index in [1.807, 2.05) is 0 Å². The van der Waals surface area contributed by atoms with Gasteiger partial charge in [0.25, 0.3) is 0 Å². The van der Waals surface area contributed by atoms with Crippen LogP contribution in [0.2, 0.25) is 0 Å². The average Bonchev–Trinajstić information content (AvgIpc) is 2.17. The summed E-state index contributed by atoms with van der Waals surface area (Å²) in [6.45, 7) is -0.258. The van der Waals surface area contributed by atoms with Crippen molar-refractivity contribution in [3.8, 4) is 5.75 Å². The molecule has 1 aromatic carbocycles. The van der Waals surface area contributed by atoms with Gasteiger partial charge < -0.3 is 14.9 Å². The molecule has 66 valence electrons. The summed E-state index contributed by atoms with van der Waals surface area (Å²) in [7, 11) is 1.58. The van der Waals surface area contributed by atoms with E-state index in [1.54, 1.807) is 31.4 Å². The van der Waals surface area contributed by atoms with E-state index in [1.165, 1.54) is 0 Å². The van der Waals surface area contributed by atoms with Gasteiger partial charge in [-0.25, -0.2) is 0 Å². The van der Waals surface area contributed by atoms with Crippen LogP contribution < -0.4 is 4.74 Å². The van der Waals surface area contributed by atoms with Crippen LogP contribution in [0.25, 0.3) is 0 Å². The third-order valence-electron chi connectivity index (χ3n) is 1.67. The maximum absolute atomic E-state index is 9.20. The van der Waals surface area contributed by atoms with Crippen LogP contribution in [0, 0.1) is 0 Å². The number of hydrogen-bond acceptors (Lipinski definition) is 3. The van der Waals surface area contributed by atoms with Crippen molar-refractivity contribution in [1.29, 1.82) is 0 Å². The van der Waals surface area contributed by atoms with Crippen molar-refractivity contribution in [3.05, 3.63) is 29.8 Å². The molecular formula is C9H12O3. The lowest BCUT2D eigenvalue weighted by atomic mass is 10.1. The highest BCUT2D eigenvalue weighted by atomic mass is 16.5. The van der Waals surface area contributed by atoms with Gasteiger partial charge in [-0.15, -0.1) is 0 Å². The summed E-state index contributed by atoms with van der Waals surface area (Å²) in [5.74, 6) is 0.740. The largest absolute Gasteiger partial charge is 0.497 e.